The Morgan fingerprint density at radius 3 is 2.11 bits per heavy atom. The number of hydrogen-bond donors (Lipinski definition) is 0. The molecular weight excluding hydrogens is 372 g/mol. The lowest BCUT2D eigenvalue weighted by Gasteiger charge is -2.10. The highest BCUT2D eigenvalue weighted by molar-refractivity contribution is 6.30. The summed E-state index contributed by atoms with van der Waals surface area (Å²) >= 11 is 5.97. The Balaban J connectivity index is 1.90. The molecule has 0 radical (unpaired) electrons. The van der Waals surface area contributed by atoms with Crippen molar-refractivity contribution in [3.63, 3.8) is 0 Å². The van der Waals surface area contributed by atoms with E-state index >= 15 is 0 Å². The zero-order chi connectivity index (χ0) is 19.5. The van der Waals surface area contributed by atoms with Gasteiger partial charge in [-0.05, 0) is 29.3 Å². The zero-order valence-electron chi connectivity index (χ0n) is 14.7. The molecule has 0 bridgehead atoms. The fourth-order valence-corrected chi connectivity index (χ4v) is 3.10. The van der Waals surface area contributed by atoms with Gasteiger partial charge < -0.3 is 0 Å². The first kappa shape index (κ1) is 17.9. The molecule has 0 aliphatic heterocycles. The van der Waals surface area contributed by atoms with Crippen LogP contribution in [-0.4, -0.2) is 15.5 Å². The van der Waals surface area contributed by atoms with Crippen molar-refractivity contribution >= 4 is 17.5 Å². The van der Waals surface area contributed by atoms with Gasteiger partial charge in [-0.15, -0.1) is 0 Å². The first-order valence-electron chi connectivity index (χ1n) is 8.68. The van der Waals surface area contributed by atoms with Gasteiger partial charge in [0.25, 0.3) is 11.5 Å². The summed E-state index contributed by atoms with van der Waals surface area (Å²) < 4.78 is 0.980. The van der Waals surface area contributed by atoms with Gasteiger partial charge in [0, 0.05) is 17.8 Å². The van der Waals surface area contributed by atoms with E-state index in [1.807, 2.05) is 66.7 Å². The highest BCUT2D eigenvalue weighted by Gasteiger charge is 2.16. The number of hydrogen-bond acceptors (Lipinski definition) is 3. The van der Waals surface area contributed by atoms with E-state index in [9.17, 15) is 9.59 Å². The van der Waals surface area contributed by atoms with E-state index in [2.05, 4.69) is 4.98 Å². The fourth-order valence-electron chi connectivity index (χ4n) is 2.94. The van der Waals surface area contributed by atoms with Gasteiger partial charge in [0.15, 0.2) is 0 Å². The average molecular weight is 387 g/mol. The predicted octanol–water partition coefficient (Wildman–Crippen LogP) is 4.92. The minimum absolute atomic E-state index is 0.171. The minimum atomic E-state index is -0.525. The largest absolute Gasteiger partial charge is 0.283 e. The normalized spacial score (nSPS) is 10.6. The van der Waals surface area contributed by atoms with Crippen molar-refractivity contribution in [3.05, 3.63) is 112 Å². The number of pyridine rings is 2. The van der Waals surface area contributed by atoms with Gasteiger partial charge in [0.2, 0.25) is 0 Å². The number of nitrogens with zero attached hydrogens (tertiary/aromatic N) is 2. The molecule has 0 saturated heterocycles. The SMILES string of the molecule is O=C(c1cc(-c2ccccc2)cc(-c2ccccc2)n1)n1cc(Cl)ccc1=O. The Morgan fingerprint density at radius 1 is 0.786 bits per heavy atom. The Labute approximate surface area is 166 Å². The maximum absolute atomic E-state index is 13.0. The molecule has 4 rings (SSSR count). The van der Waals surface area contributed by atoms with Crippen molar-refractivity contribution in [2.24, 2.45) is 0 Å². The van der Waals surface area contributed by atoms with Crippen molar-refractivity contribution in [1.82, 2.24) is 9.55 Å². The lowest BCUT2D eigenvalue weighted by atomic mass is 10.0. The highest BCUT2D eigenvalue weighted by atomic mass is 35.5. The molecule has 4 aromatic rings. The Kier molecular flexibility index (Phi) is 4.87. The Morgan fingerprint density at radius 2 is 1.43 bits per heavy atom. The molecule has 0 amide bonds. The van der Waals surface area contributed by atoms with Crippen LogP contribution in [0.4, 0.5) is 0 Å². The third-order valence-corrected chi connectivity index (χ3v) is 4.54. The Bertz CT molecular complexity index is 1140. The predicted molar refractivity (Wildman–Crippen MR) is 111 cm³/mol. The van der Waals surface area contributed by atoms with Gasteiger partial charge in [-0.25, -0.2) is 9.55 Å². The van der Waals surface area contributed by atoms with E-state index in [-0.39, 0.29) is 5.69 Å². The van der Waals surface area contributed by atoms with Crippen LogP contribution in [0, 0.1) is 0 Å². The smallest absolute Gasteiger partial charge is 0.269 e. The molecule has 0 aliphatic rings. The number of rotatable bonds is 3. The second-order valence-electron chi connectivity index (χ2n) is 6.22. The highest BCUT2D eigenvalue weighted by Crippen LogP contribution is 2.26. The summed E-state index contributed by atoms with van der Waals surface area (Å²) in [4.78, 5) is 29.7. The first-order valence-corrected chi connectivity index (χ1v) is 9.05. The van der Waals surface area contributed by atoms with Crippen molar-refractivity contribution in [2.45, 2.75) is 0 Å². The van der Waals surface area contributed by atoms with Crippen LogP contribution in [0.3, 0.4) is 0 Å². The van der Waals surface area contributed by atoms with Gasteiger partial charge >= 0.3 is 0 Å². The topological polar surface area (TPSA) is 52.0 Å². The molecule has 4 nitrogen and oxygen atoms in total. The van der Waals surface area contributed by atoms with Gasteiger partial charge in [-0.2, -0.15) is 0 Å². The van der Waals surface area contributed by atoms with Gasteiger partial charge in [0.1, 0.15) is 5.69 Å². The quantitative estimate of drug-likeness (QED) is 0.502. The summed E-state index contributed by atoms with van der Waals surface area (Å²) in [6.07, 6.45) is 1.31. The summed E-state index contributed by atoms with van der Waals surface area (Å²) in [7, 11) is 0. The molecular formula is C23H15ClN2O2. The van der Waals surface area contributed by atoms with Crippen molar-refractivity contribution in [2.75, 3.05) is 0 Å². The molecule has 2 aromatic carbocycles. The summed E-state index contributed by atoms with van der Waals surface area (Å²) in [6, 6.07) is 25.7. The molecule has 0 atom stereocenters. The Hall–Kier alpha value is -3.50. The molecule has 136 valence electrons. The van der Waals surface area contributed by atoms with E-state index < -0.39 is 11.5 Å². The minimum Gasteiger partial charge on any atom is -0.269 e. The van der Waals surface area contributed by atoms with Crippen LogP contribution in [-0.2, 0) is 0 Å². The number of carbonyl (C=O) groups is 1. The van der Waals surface area contributed by atoms with E-state index in [0.717, 1.165) is 21.3 Å². The number of benzene rings is 2. The molecule has 0 unspecified atom stereocenters. The van der Waals surface area contributed by atoms with E-state index in [4.69, 9.17) is 11.6 Å². The molecule has 0 saturated carbocycles. The molecule has 2 heterocycles. The van der Waals surface area contributed by atoms with Crippen LogP contribution < -0.4 is 5.56 Å². The molecule has 0 N–H and O–H groups in total. The lowest BCUT2D eigenvalue weighted by molar-refractivity contribution is 0.0951. The van der Waals surface area contributed by atoms with Crippen LogP contribution in [0.5, 0.6) is 0 Å². The molecule has 2 aromatic heterocycles. The van der Waals surface area contributed by atoms with Crippen LogP contribution in [0.15, 0.2) is 95.9 Å². The monoisotopic (exact) mass is 386 g/mol. The number of halogens is 1. The van der Waals surface area contributed by atoms with Gasteiger partial charge in [-0.1, -0.05) is 72.3 Å². The van der Waals surface area contributed by atoms with Crippen molar-refractivity contribution in [3.8, 4) is 22.4 Å². The number of aromatic nitrogens is 2. The summed E-state index contributed by atoms with van der Waals surface area (Å²) in [5.41, 5.74) is 3.04. The fraction of sp³-hybridized carbons (Fsp3) is 0. The molecule has 0 fully saturated rings. The lowest BCUT2D eigenvalue weighted by Crippen LogP contribution is -2.26. The standard InChI is InChI=1S/C23H15ClN2O2/c24-19-11-12-22(27)26(15-19)23(28)21-14-18(16-7-3-1-4-8-16)13-20(25-21)17-9-5-2-6-10-17/h1-15H. The summed E-state index contributed by atoms with van der Waals surface area (Å²) in [5, 5.41) is 0.301. The van der Waals surface area contributed by atoms with Crippen molar-refractivity contribution < 1.29 is 4.79 Å². The summed E-state index contributed by atoms with van der Waals surface area (Å²) in [6.45, 7) is 0. The molecule has 0 spiro atoms. The molecule has 5 heteroatoms. The van der Waals surface area contributed by atoms with Crippen LogP contribution in [0.2, 0.25) is 5.02 Å². The maximum atomic E-state index is 13.0. The van der Waals surface area contributed by atoms with Crippen LogP contribution in [0.25, 0.3) is 22.4 Å². The third kappa shape index (κ3) is 3.63. The number of carbonyl (C=O) groups excluding carboxylic acids is 1. The van der Waals surface area contributed by atoms with Crippen molar-refractivity contribution in [1.29, 1.82) is 0 Å². The molecule has 0 aliphatic carbocycles. The van der Waals surface area contributed by atoms with E-state index in [1.54, 1.807) is 6.07 Å². The average Bonchev–Trinajstić information content (AvgIpc) is 2.76. The van der Waals surface area contributed by atoms with Crippen LogP contribution in [0.1, 0.15) is 10.5 Å². The summed E-state index contributed by atoms with van der Waals surface area (Å²) in [5.74, 6) is -0.525. The second kappa shape index (κ2) is 7.62. The van der Waals surface area contributed by atoms with Gasteiger partial charge in [0.05, 0.1) is 10.7 Å². The molecule has 28 heavy (non-hydrogen) atoms. The first-order chi connectivity index (χ1) is 13.6. The zero-order valence-corrected chi connectivity index (χ0v) is 15.5. The van der Waals surface area contributed by atoms with E-state index in [0.29, 0.717) is 10.7 Å². The van der Waals surface area contributed by atoms with Gasteiger partial charge in [-0.3, -0.25) is 9.59 Å². The third-order valence-electron chi connectivity index (χ3n) is 4.31. The van der Waals surface area contributed by atoms with Crippen LogP contribution >= 0.6 is 11.6 Å². The van der Waals surface area contributed by atoms with E-state index in [1.165, 1.54) is 18.3 Å². The second-order valence-corrected chi connectivity index (χ2v) is 6.66. The maximum Gasteiger partial charge on any atom is 0.283 e.